The topological polar surface area (TPSA) is 43.7 Å². The quantitative estimate of drug-likeness (QED) is 0.582. The number of hydrogen-bond donors (Lipinski definition) is 2. The van der Waals surface area contributed by atoms with Gasteiger partial charge in [-0.15, -0.1) is 0 Å². The molecule has 2 rings (SSSR count). The number of rotatable bonds is 1. The fourth-order valence-electron chi connectivity index (χ4n) is 2.11. The lowest BCUT2D eigenvalue weighted by atomic mass is 9.86. The van der Waals surface area contributed by atoms with E-state index in [1.165, 1.54) is 0 Å². The highest BCUT2D eigenvalue weighted by molar-refractivity contribution is 4.90. The molecule has 0 spiro atoms. The number of nitrogens with zero attached hydrogens (tertiary/aromatic N) is 1. The first-order valence-electron chi connectivity index (χ1n) is 4.87. The zero-order valence-electron chi connectivity index (χ0n) is 7.32. The predicted molar refractivity (Wildman–Crippen MR) is 45.8 cm³/mol. The molecule has 1 saturated heterocycles. The third-order valence-corrected chi connectivity index (χ3v) is 3.17. The van der Waals surface area contributed by atoms with Crippen LogP contribution in [0.1, 0.15) is 25.7 Å². The van der Waals surface area contributed by atoms with E-state index in [4.69, 9.17) is 0 Å². The van der Waals surface area contributed by atoms with Crippen molar-refractivity contribution in [1.82, 2.24) is 4.90 Å². The molecule has 0 amide bonds. The fourth-order valence-corrected chi connectivity index (χ4v) is 2.11. The van der Waals surface area contributed by atoms with Crippen LogP contribution in [0, 0.1) is 0 Å². The number of likely N-dealkylation sites (tertiary alicyclic amines) is 1. The summed E-state index contributed by atoms with van der Waals surface area (Å²) in [7, 11) is 0. The SMILES string of the molecule is OC1CCN([C@@H]2CC[C@H]2O)CC1. The van der Waals surface area contributed by atoms with E-state index in [9.17, 15) is 10.2 Å². The molecular formula is C9H17NO2. The molecule has 0 bridgehead atoms. The maximum absolute atomic E-state index is 9.42. The first-order valence-corrected chi connectivity index (χ1v) is 4.87. The van der Waals surface area contributed by atoms with Crippen LogP contribution in [0.15, 0.2) is 0 Å². The van der Waals surface area contributed by atoms with Crippen molar-refractivity contribution in [3.8, 4) is 0 Å². The Morgan fingerprint density at radius 1 is 0.917 bits per heavy atom. The minimum Gasteiger partial charge on any atom is -0.393 e. The van der Waals surface area contributed by atoms with Gasteiger partial charge in [0.25, 0.3) is 0 Å². The average Bonchev–Trinajstić information content (AvgIpc) is 2.06. The van der Waals surface area contributed by atoms with Gasteiger partial charge in [0.1, 0.15) is 0 Å². The second-order valence-electron chi connectivity index (χ2n) is 3.98. The van der Waals surface area contributed by atoms with Gasteiger partial charge in [0, 0.05) is 19.1 Å². The van der Waals surface area contributed by atoms with Crippen LogP contribution in [0.3, 0.4) is 0 Å². The molecule has 0 aromatic heterocycles. The maximum Gasteiger partial charge on any atom is 0.0696 e. The van der Waals surface area contributed by atoms with Gasteiger partial charge in [-0.05, 0) is 25.7 Å². The molecule has 1 heterocycles. The largest absolute Gasteiger partial charge is 0.393 e. The number of aliphatic hydroxyl groups is 2. The second kappa shape index (κ2) is 3.32. The highest BCUT2D eigenvalue weighted by Gasteiger charge is 2.35. The molecule has 70 valence electrons. The smallest absolute Gasteiger partial charge is 0.0696 e. The van der Waals surface area contributed by atoms with Crippen molar-refractivity contribution in [2.45, 2.75) is 43.9 Å². The molecule has 3 nitrogen and oxygen atoms in total. The van der Waals surface area contributed by atoms with E-state index in [0.29, 0.717) is 6.04 Å². The monoisotopic (exact) mass is 171 g/mol. The molecule has 3 heteroatoms. The Morgan fingerprint density at radius 2 is 1.58 bits per heavy atom. The predicted octanol–water partition coefficient (Wildman–Crippen LogP) is -0.0336. The van der Waals surface area contributed by atoms with Gasteiger partial charge in [-0.1, -0.05) is 0 Å². The van der Waals surface area contributed by atoms with Gasteiger partial charge in [-0.2, -0.15) is 0 Å². The summed E-state index contributed by atoms with van der Waals surface area (Å²) in [4.78, 5) is 2.32. The van der Waals surface area contributed by atoms with Gasteiger partial charge >= 0.3 is 0 Å². The summed E-state index contributed by atoms with van der Waals surface area (Å²) in [5.41, 5.74) is 0. The minimum atomic E-state index is -0.0986. The van der Waals surface area contributed by atoms with E-state index in [0.717, 1.165) is 38.8 Å². The van der Waals surface area contributed by atoms with Gasteiger partial charge in [0.2, 0.25) is 0 Å². The summed E-state index contributed by atoms with van der Waals surface area (Å²) in [6.45, 7) is 1.92. The Hall–Kier alpha value is -0.120. The highest BCUT2D eigenvalue weighted by Crippen LogP contribution is 2.27. The standard InChI is InChI=1S/C9H17NO2/c11-7-3-5-10(6-4-7)8-1-2-9(8)12/h7-9,11-12H,1-6H2/t8-,9-/m1/s1. The average molecular weight is 171 g/mol. The normalized spacial score (nSPS) is 39.5. The molecule has 1 aliphatic heterocycles. The Morgan fingerprint density at radius 3 is 2.00 bits per heavy atom. The van der Waals surface area contributed by atoms with Crippen molar-refractivity contribution in [2.24, 2.45) is 0 Å². The minimum absolute atomic E-state index is 0.0970. The van der Waals surface area contributed by atoms with Gasteiger partial charge in [-0.25, -0.2) is 0 Å². The van der Waals surface area contributed by atoms with E-state index in [2.05, 4.69) is 4.90 Å². The molecule has 2 fully saturated rings. The molecule has 12 heavy (non-hydrogen) atoms. The first kappa shape index (κ1) is 8.48. The Labute approximate surface area is 73.0 Å². The third-order valence-electron chi connectivity index (χ3n) is 3.17. The van der Waals surface area contributed by atoms with Crippen LogP contribution in [-0.4, -0.2) is 46.5 Å². The van der Waals surface area contributed by atoms with E-state index in [-0.39, 0.29) is 12.2 Å². The molecule has 2 aliphatic rings. The first-order chi connectivity index (χ1) is 5.77. The molecule has 1 aliphatic carbocycles. The number of aliphatic hydroxyl groups excluding tert-OH is 2. The second-order valence-corrected chi connectivity index (χ2v) is 3.98. The van der Waals surface area contributed by atoms with Gasteiger partial charge in [0.15, 0.2) is 0 Å². The highest BCUT2D eigenvalue weighted by atomic mass is 16.3. The summed E-state index contributed by atoms with van der Waals surface area (Å²) in [6, 6.07) is 0.400. The van der Waals surface area contributed by atoms with Crippen LogP contribution in [-0.2, 0) is 0 Å². The molecule has 2 N–H and O–H groups in total. The van der Waals surface area contributed by atoms with Crippen LogP contribution in [0.25, 0.3) is 0 Å². The van der Waals surface area contributed by atoms with Crippen LogP contribution in [0.2, 0.25) is 0 Å². The zero-order valence-corrected chi connectivity index (χ0v) is 7.32. The molecular weight excluding hydrogens is 154 g/mol. The lowest BCUT2D eigenvalue weighted by Crippen LogP contribution is -2.53. The molecule has 0 unspecified atom stereocenters. The molecule has 1 saturated carbocycles. The van der Waals surface area contributed by atoms with Gasteiger partial charge < -0.3 is 10.2 Å². The van der Waals surface area contributed by atoms with Crippen molar-refractivity contribution in [1.29, 1.82) is 0 Å². The molecule has 0 aromatic rings. The Bertz CT molecular complexity index is 155. The van der Waals surface area contributed by atoms with Gasteiger partial charge in [0.05, 0.1) is 12.2 Å². The molecule has 0 aromatic carbocycles. The Balaban J connectivity index is 1.81. The molecule has 0 radical (unpaired) electrons. The van der Waals surface area contributed by atoms with Crippen LogP contribution in [0.4, 0.5) is 0 Å². The van der Waals surface area contributed by atoms with Crippen LogP contribution >= 0.6 is 0 Å². The maximum atomic E-state index is 9.42. The van der Waals surface area contributed by atoms with Crippen LogP contribution < -0.4 is 0 Å². The lowest BCUT2D eigenvalue weighted by Gasteiger charge is -2.44. The van der Waals surface area contributed by atoms with Crippen molar-refractivity contribution >= 4 is 0 Å². The third kappa shape index (κ3) is 1.49. The van der Waals surface area contributed by atoms with Crippen molar-refractivity contribution < 1.29 is 10.2 Å². The molecule has 2 atom stereocenters. The van der Waals surface area contributed by atoms with Crippen molar-refractivity contribution in [2.75, 3.05) is 13.1 Å². The summed E-state index contributed by atoms with van der Waals surface area (Å²) >= 11 is 0. The lowest BCUT2D eigenvalue weighted by molar-refractivity contribution is -0.0437. The Kier molecular flexibility index (Phi) is 2.35. The van der Waals surface area contributed by atoms with Crippen molar-refractivity contribution in [3.63, 3.8) is 0 Å². The van der Waals surface area contributed by atoms with E-state index >= 15 is 0 Å². The fraction of sp³-hybridized carbons (Fsp3) is 1.00. The van der Waals surface area contributed by atoms with Crippen LogP contribution in [0.5, 0.6) is 0 Å². The van der Waals surface area contributed by atoms with Crippen molar-refractivity contribution in [3.05, 3.63) is 0 Å². The van der Waals surface area contributed by atoms with E-state index < -0.39 is 0 Å². The zero-order chi connectivity index (χ0) is 8.55. The summed E-state index contributed by atoms with van der Waals surface area (Å²) in [6.07, 6.45) is 3.66. The number of hydrogen-bond acceptors (Lipinski definition) is 3. The van der Waals surface area contributed by atoms with E-state index in [1.54, 1.807) is 0 Å². The van der Waals surface area contributed by atoms with Gasteiger partial charge in [-0.3, -0.25) is 4.90 Å². The number of piperidine rings is 1. The summed E-state index contributed by atoms with van der Waals surface area (Å²) in [5, 5.41) is 18.7. The summed E-state index contributed by atoms with van der Waals surface area (Å²) < 4.78 is 0. The summed E-state index contributed by atoms with van der Waals surface area (Å²) in [5.74, 6) is 0. The van der Waals surface area contributed by atoms with E-state index in [1.807, 2.05) is 0 Å².